The maximum atomic E-state index is 11.0. The Kier molecular flexibility index (Phi) is 30.9. The van der Waals surface area contributed by atoms with Gasteiger partial charge in [0.05, 0.1) is 19.8 Å². The van der Waals surface area contributed by atoms with E-state index in [0.717, 1.165) is 58.2 Å². The molecule has 0 fully saturated rings. The zero-order valence-corrected chi connectivity index (χ0v) is 26.3. The van der Waals surface area contributed by atoms with Crippen LogP contribution in [0.25, 0.3) is 0 Å². The summed E-state index contributed by atoms with van der Waals surface area (Å²) in [6.45, 7) is 6.87. The summed E-state index contributed by atoms with van der Waals surface area (Å²) in [5.41, 5.74) is -0.641. The SMILES string of the molecule is CCCCCCCCOC[C@@](CCCCCOCCCC)(COC)COS(=O)(=O)[O-].[Na+].[Na+]. The molecule has 0 rings (SSSR count). The molecule has 0 aromatic carbocycles. The van der Waals surface area contributed by atoms with Crippen LogP contribution in [0.5, 0.6) is 0 Å². The van der Waals surface area contributed by atoms with Crippen molar-refractivity contribution in [3.8, 4) is 0 Å². The number of ether oxygens (including phenoxy) is 3. The average molecular weight is 500 g/mol. The number of rotatable bonds is 23. The zero-order chi connectivity index (χ0) is 22.6. The Bertz CT molecular complexity index is 459. The molecule has 0 unspecified atom stereocenters. The largest absolute Gasteiger partial charge is 1.00 e. The number of hydrogen-bond donors (Lipinski definition) is 0. The van der Waals surface area contributed by atoms with Crippen LogP contribution in [-0.2, 0) is 28.8 Å². The van der Waals surface area contributed by atoms with Crippen molar-refractivity contribution in [3.05, 3.63) is 0 Å². The summed E-state index contributed by atoms with van der Waals surface area (Å²) in [4.78, 5) is 0. The van der Waals surface area contributed by atoms with Crippen LogP contribution in [-0.4, -0.2) is 59.7 Å². The van der Waals surface area contributed by atoms with Crippen LogP contribution in [0.3, 0.4) is 0 Å². The van der Waals surface area contributed by atoms with Gasteiger partial charge in [-0.05, 0) is 25.7 Å². The Hall–Kier alpha value is 1.75. The van der Waals surface area contributed by atoms with Gasteiger partial charge in [0.1, 0.15) is 0 Å². The van der Waals surface area contributed by atoms with E-state index >= 15 is 0 Å². The molecule has 7 nitrogen and oxygen atoms in total. The predicted molar refractivity (Wildman–Crippen MR) is 118 cm³/mol. The first-order chi connectivity index (χ1) is 14.4. The number of methoxy groups -OCH3 is 1. The molecule has 1 atom stereocenters. The zero-order valence-electron chi connectivity index (χ0n) is 21.5. The smallest absolute Gasteiger partial charge is 0.726 e. The first kappa shape index (κ1) is 38.3. The molecule has 0 aromatic rings. The predicted octanol–water partition coefficient (Wildman–Crippen LogP) is -1.14. The normalized spacial score (nSPS) is 13.2. The minimum atomic E-state index is -4.75. The van der Waals surface area contributed by atoms with E-state index in [1.807, 2.05) is 0 Å². The maximum absolute atomic E-state index is 11.0. The first-order valence-corrected chi connectivity index (χ1v) is 13.0. The van der Waals surface area contributed by atoms with E-state index in [1.165, 1.54) is 25.7 Å². The molecule has 0 heterocycles. The molecule has 0 amide bonds. The van der Waals surface area contributed by atoms with Gasteiger partial charge in [-0.15, -0.1) is 0 Å². The molecule has 0 saturated heterocycles. The molecule has 0 spiro atoms. The van der Waals surface area contributed by atoms with Crippen LogP contribution in [0, 0.1) is 5.41 Å². The first-order valence-electron chi connectivity index (χ1n) is 11.6. The van der Waals surface area contributed by atoms with Gasteiger partial charge in [0, 0.05) is 32.3 Å². The average Bonchev–Trinajstić information content (AvgIpc) is 2.70. The van der Waals surface area contributed by atoms with Crippen molar-refractivity contribution < 1.29 is 90.5 Å². The fourth-order valence-electron chi connectivity index (χ4n) is 3.35. The van der Waals surface area contributed by atoms with Gasteiger partial charge in [-0.25, -0.2) is 8.42 Å². The molecule has 0 N–H and O–H groups in total. The molecule has 32 heavy (non-hydrogen) atoms. The van der Waals surface area contributed by atoms with Crippen LogP contribution >= 0.6 is 0 Å². The van der Waals surface area contributed by atoms with E-state index in [9.17, 15) is 13.0 Å². The van der Waals surface area contributed by atoms with Crippen molar-refractivity contribution >= 4 is 10.4 Å². The van der Waals surface area contributed by atoms with Crippen LogP contribution in [0.15, 0.2) is 0 Å². The number of unbranched alkanes of at least 4 members (excludes halogenated alkanes) is 8. The van der Waals surface area contributed by atoms with Crippen molar-refractivity contribution in [1.29, 1.82) is 0 Å². The molecular weight excluding hydrogens is 454 g/mol. The van der Waals surface area contributed by atoms with Gasteiger partial charge in [0.2, 0.25) is 10.4 Å². The summed E-state index contributed by atoms with van der Waals surface area (Å²) >= 11 is 0. The Balaban J connectivity index is -0.00000420. The summed E-state index contributed by atoms with van der Waals surface area (Å²) in [6.07, 6.45) is 12.7. The fourth-order valence-corrected chi connectivity index (χ4v) is 3.74. The molecule has 0 aromatic heterocycles. The van der Waals surface area contributed by atoms with E-state index in [0.29, 0.717) is 19.6 Å². The third-order valence-corrected chi connectivity index (χ3v) is 5.55. The van der Waals surface area contributed by atoms with Gasteiger partial charge >= 0.3 is 59.1 Å². The van der Waals surface area contributed by atoms with Gasteiger partial charge in [-0.2, -0.15) is 0 Å². The van der Waals surface area contributed by atoms with Gasteiger partial charge in [0.15, 0.2) is 0 Å². The topological polar surface area (TPSA) is 94.1 Å². The van der Waals surface area contributed by atoms with E-state index in [2.05, 4.69) is 18.0 Å². The molecule has 182 valence electrons. The Morgan fingerprint density at radius 3 is 1.81 bits per heavy atom. The van der Waals surface area contributed by atoms with Crippen molar-refractivity contribution in [1.82, 2.24) is 0 Å². The summed E-state index contributed by atoms with van der Waals surface area (Å²) < 4.78 is 54.4. The molecule has 0 aliphatic carbocycles. The third kappa shape index (κ3) is 24.9. The molecule has 0 radical (unpaired) electrons. The quantitative estimate of drug-likeness (QED) is 0.0759. The van der Waals surface area contributed by atoms with Gasteiger partial charge in [-0.1, -0.05) is 65.2 Å². The Morgan fingerprint density at radius 1 is 0.688 bits per heavy atom. The van der Waals surface area contributed by atoms with Crippen LogP contribution in [0.1, 0.15) is 90.9 Å². The van der Waals surface area contributed by atoms with Crippen molar-refractivity contribution in [2.75, 3.05) is 46.8 Å². The Labute approximate surface area is 242 Å². The van der Waals surface area contributed by atoms with E-state index < -0.39 is 15.8 Å². The van der Waals surface area contributed by atoms with Crippen LogP contribution < -0.4 is 59.1 Å². The van der Waals surface area contributed by atoms with Crippen molar-refractivity contribution in [2.24, 2.45) is 5.41 Å². The van der Waals surface area contributed by atoms with Gasteiger partial charge in [-0.3, -0.25) is 4.18 Å². The maximum Gasteiger partial charge on any atom is 1.00 e. The van der Waals surface area contributed by atoms with Gasteiger partial charge in [0.25, 0.3) is 0 Å². The Morgan fingerprint density at radius 2 is 1.22 bits per heavy atom. The van der Waals surface area contributed by atoms with Crippen molar-refractivity contribution in [2.45, 2.75) is 90.9 Å². The minimum absolute atomic E-state index is 0. The molecule has 0 saturated carbocycles. The van der Waals surface area contributed by atoms with E-state index in [4.69, 9.17) is 14.2 Å². The molecular formula is C22H45Na2O7S+. The summed E-state index contributed by atoms with van der Waals surface area (Å²) in [5, 5.41) is 0. The van der Waals surface area contributed by atoms with Crippen LogP contribution in [0.2, 0.25) is 0 Å². The van der Waals surface area contributed by atoms with E-state index in [-0.39, 0.29) is 72.3 Å². The third-order valence-electron chi connectivity index (χ3n) is 5.15. The van der Waals surface area contributed by atoms with Crippen molar-refractivity contribution in [3.63, 3.8) is 0 Å². The fraction of sp³-hybridized carbons (Fsp3) is 1.00. The number of hydrogen-bond acceptors (Lipinski definition) is 7. The monoisotopic (exact) mass is 499 g/mol. The summed E-state index contributed by atoms with van der Waals surface area (Å²) in [5.74, 6) is 0. The summed E-state index contributed by atoms with van der Waals surface area (Å²) in [7, 11) is -3.19. The molecule has 0 aliphatic rings. The summed E-state index contributed by atoms with van der Waals surface area (Å²) in [6, 6.07) is 0. The second-order valence-corrected chi connectivity index (χ2v) is 9.25. The van der Waals surface area contributed by atoms with Crippen LogP contribution in [0.4, 0.5) is 0 Å². The molecule has 0 aliphatic heterocycles. The van der Waals surface area contributed by atoms with Gasteiger partial charge < -0.3 is 18.8 Å². The second kappa shape index (κ2) is 25.8. The molecule has 0 bridgehead atoms. The second-order valence-electron chi connectivity index (χ2n) is 8.20. The molecule has 10 heteroatoms. The minimum Gasteiger partial charge on any atom is -0.726 e. The standard InChI is InChI=1S/C22H46O7S.2Na/c1-4-6-8-9-10-13-18-28-20-22(19-26-3,21-29-30(23,24)25)15-12-11-14-17-27-16-7-5-2;;/h4-21H2,1-3H3,(H,23,24,25);;/q;2*+1/p-1/t22-;;/m1../s1. The van der Waals surface area contributed by atoms with E-state index in [1.54, 1.807) is 7.11 Å².